The lowest BCUT2D eigenvalue weighted by molar-refractivity contribution is -0.151. The summed E-state index contributed by atoms with van der Waals surface area (Å²) in [5.74, 6) is -1.33. The number of halogens is 1. The molecule has 0 aliphatic heterocycles. The van der Waals surface area contributed by atoms with E-state index >= 15 is 0 Å². The van der Waals surface area contributed by atoms with Crippen molar-refractivity contribution in [3.05, 3.63) is 0 Å². The van der Waals surface area contributed by atoms with Gasteiger partial charge < -0.3 is 4.74 Å². The van der Waals surface area contributed by atoms with Crippen LogP contribution in [0.5, 0.6) is 0 Å². The van der Waals surface area contributed by atoms with Crippen LogP contribution in [-0.2, 0) is 19.1 Å². The van der Waals surface area contributed by atoms with Crippen LogP contribution in [-0.4, -0.2) is 24.1 Å². The molecule has 0 unspecified atom stereocenters. The van der Waals surface area contributed by atoms with Crippen molar-refractivity contribution in [2.45, 2.75) is 32.1 Å². The number of Topliss-reactive ketones (excluding diaryl/α,β-unsaturated/α-hetero) is 1. The highest BCUT2D eigenvalue weighted by Crippen LogP contribution is 2.05. The topological polar surface area (TPSA) is 60.4 Å². The average molecular weight is 221 g/mol. The number of ether oxygens (including phenoxy) is 1. The largest absolute Gasteiger partial charge is 0.463 e. The monoisotopic (exact) mass is 220 g/mol. The summed E-state index contributed by atoms with van der Waals surface area (Å²) in [5, 5.41) is -0.371. The molecule has 0 amide bonds. The van der Waals surface area contributed by atoms with Gasteiger partial charge in [0.25, 0.3) is 0 Å². The molecule has 80 valence electrons. The van der Waals surface area contributed by atoms with E-state index < -0.39 is 11.8 Å². The fourth-order valence-electron chi connectivity index (χ4n) is 0.942. The van der Waals surface area contributed by atoms with Crippen molar-refractivity contribution in [2.24, 2.45) is 0 Å². The first-order chi connectivity index (χ1) is 6.57. The Labute approximate surface area is 87.6 Å². The molecule has 0 saturated heterocycles. The predicted molar refractivity (Wildman–Crippen MR) is 51.0 cm³/mol. The van der Waals surface area contributed by atoms with Gasteiger partial charge in [0.15, 0.2) is 0 Å². The minimum absolute atomic E-state index is 0.170. The zero-order valence-electron chi connectivity index (χ0n) is 8.05. The van der Waals surface area contributed by atoms with E-state index in [9.17, 15) is 14.4 Å². The first kappa shape index (κ1) is 13.1. The highest BCUT2D eigenvalue weighted by atomic mass is 35.5. The molecule has 0 N–H and O–H groups in total. The standard InChI is InChI=1S/C9H13ClO4/c1-14-9(13)7(11)5-3-2-4-6-8(10)12/h2-6H2,1H3. The van der Waals surface area contributed by atoms with Crippen LogP contribution >= 0.6 is 11.6 Å². The summed E-state index contributed by atoms with van der Waals surface area (Å²) in [4.78, 5) is 31.9. The summed E-state index contributed by atoms with van der Waals surface area (Å²) in [7, 11) is 1.17. The van der Waals surface area contributed by atoms with E-state index in [2.05, 4.69) is 4.74 Å². The van der Waals surface area contributed by atoms with Crippen molar-refractivity contribution in [1.82, 2.24) is 0 Å². The molecule has 0 aromatic carbocycles. The lowest BCUT2D eigenvalue weighted by Crippen LogP contribution is -2.14. The molecule has 0 aromatic heterocycles. The molecule has 0 fully saturated rings. The second-order valence-electron chi connectivity index (χ2n) is 2.83. The second-order valence-corrected chi connectivity index (χ2v) is 3.25. The van der Waals surface area contributed by atoms with E-state index in [-0.39, 0.29) is 11.7 Å². The minimum Gasteiger partial charge on any atom is -0.463 e. The summed E-state index contributed by atoms with van der Waals surface area (Å²) in [5.41, 5.74) is 0. The Morgan fingerprint density at radius 1 is 1.07 bits per heavy atom. The van der Waals surface area contributed by atoms with Crippen LogP contribution < -0.4 is 0 Å². The van der Waals surface area contributed by atoms with Crippen LogP contribution in [0.1, 0.15) is 32.1 Å². The van der Waals surface area contributed by atoms with Crippen molar-refractivity contribution >= 4 is 28.6 Å². The predicted octanol–water partition coefficient (Wildman–Crippen LogP) is 1.44. The maximum atomic E-state index is 10.9. The van der Waals surface area contributed by atoms with Crippen LogP contribution in [0.4, 0.5) is 0 Å². The van der Waals surface area contributed by atoms with Gasteiger partial charge in [-0.25, -0.2) is 4.79 Å². The number of carbonyl (C=O) groups excluding carboxylic acids is 3. The molecule has 0 aromatic rings. The van der Waals surface area contributed by atoms with Crippen molar-refractivity contribution in [1.29, 1.82) is 0 Å². The summed E-state index contributed by atoms with van der Waals surface area (Å²) in [6.07, 6.45) is 2.42. The molecule has 0 spiro atoms. The summed E-state index contributed by atoms with van der Waals surface area (Å²) in [6, 6.07) is 0. The second kappa shape index (κ2) is 7.50. The maximum Gasteiger partial charge on any atom is 0.374 e. The van der Waals surface area contributed by atoms with Gasteiger partial charge in [0.05, 0.1) is 7.11 Å². The highest BCUT2D eigenvalue weighted by Gasteiger charge is 2.12. The van der Waals surface area contributed by atoms with E-state index in [1.807, 2.05) is 0 Å². The SMILES string of the molecule is COC(=O)C(=O)CCCCCC(=O)Cl. The Balaban J connectivity index is 3.41. The molecule has 0 aliphatic carbocycles. The van der Waals surface area contributed by atoms with Gasteiger partial charge in [0.1, 0.15) is 0 Å². The fraction of sp³-hybridized carbons (Fsp3) is 0.667. The van der Waals surface area contributed by atoms with E-state index in [1.54, 1.807) is 0 Å². The fourth-order valence-corrected chi connectivity index (χ4v) is 1.08. The van der Waals surface area contributed by atoms with Gasteiger partial charge >= 0.3 is 5.97 Å². The van der Waals surface area contributed by atoms with Gasteiger partial charge in [-0.3, -0.25) is 9.59 Å². The van der Waals surface area contributed by atoms with E-state index in [4.69, 9.17) is 11.6 Å². The van der Waals surface area contributed by atoms with Crippen LogP contribution in [0.15, 0.2) is 0 Å². The normalized spacial score (nSPS) is 9.57. The zero-order valence-corrected chi connectivity index (χ0v) is 8.80. The Hall–Kier alpha value is -0.900. The Kier molecular flexibility index (Phi) is 7.02. The lowest BCUT2D eigenvalue weighted by atomic mass is 10.1. The minimum atomic E-state index is -0.807. The number of ketones is 1. The van der Waals surface area contributed by atoms with Gasteiger partial charge in [-0.15, -0.1) is 0 Å². The van der Waals surface area contributed by atoms with Crippen molar-refractivity contribution in [3.8, 4) is 0 Å². The van der Waals surface area contributed by atoms with Crippen LogP contribution in [0.25, 0.3) is 0 Å². The number of hydrogen-bond acceptors (Lipinski definition) is 4. The average Bonchev–Trinajstić information content (AvgIpc) is 2.15. The van der Waals surface area contributed by atoms with Crippen LogP contribution in [0.2, 0.25) is 0 Å². The zero-order chi connectivity index (χ0) is 11.0. The number of carbonyl (C=O) groups is 3. The lowest BCUT2D eigenvalue weighted by Gasteiger charge is -1.98. The highest BCUT2D eigenvalue weighted by molar-refractivity contribution is 6.63. The molecule has 0 rings (SSSR count). The molecule has 5 heteroatoms. The Morgan fingerprint density at radius 3 is 2.14 bits per heavy atom. The molecule has 0 bridgehead atoms. The van der Waals surface area contributed by atoms with E-state index in [0.29, 0.717) is 25.7 Å². The van der Waals surface area contributed by atoms with E-state index in [1.165, 1.54) is 7.11 Å². The summed E-state index contributed by atoms with van der Waals surface area (Å²) in [6.45, 7) is 0. The van der Waals surface area contributed by atoms with Gasteiger partial charge in [0, 0.05) is 12.8 Å². The van der Waals surface area contributed by atoms with Gasteiger partial charge in [-0.2, -0.15) is 0 Å². The van der Waals surface area contributed by atoms with Gasteiger partial charge in [-0.1, -0.05) is 6.42 Å². The van der Waals surface area contributed by atoms with Crippen molar-refractivity contribution in [3.63, 3.8) is 0 Å². The molecule has 0 atom stereocenters. The number of hydrogen-bond donors (Lipinski definition) is 0. The quantitative estimate of drug-likeness (QED) is 0.282. The molecule has 0 saturated carbocycles. The third-order valence-electron chi connectivity index (χ3n) is 1.69. The van der Waals surface area contributed by atoms with E-state index in [0.717, 1.165) is 0 Å². The smallest absolute Gasteiger partial charge is 0.374 e. The molecule has 0 radical (unpaired) electrons. The van der Waals surface area contributed by atoms with Crippen molar-refractivity contribution < 1.29 is 19.1 Å². The van der Waals surface area contributed by atoms with Crippen LogP contribution in [0.3, 0.4) is 0 Å². The molecule has 0 heterocycles. The summed E-state index contributed by atoms with van der Waals surface area (Å²) < 4.78 is 4.24. The molecular weight excluding hydrogens is 208 g/mol. The van der Waals surface area contributed by atoms with Gasteiger partial charge in [-0.05, 0) is 24.4 Å². The molecule has 4 nitrogen and oxygen atoms in total. The van der Waals surface area contributed by atoms with Crippen molar-refractivity contribution in [2.75, 3.05) is 7.11 Å². The number of rotatable bonds is 7. The molecule has 14 heavy (non-hydrogen) atoms. The summed E-state index contributed by atoms with van der Waals surface area (Å²) >= 11 is 5.11. The van der Waals surface area contributed by atoms with Crippen LogP contribution in [0, 0.1) is 0 Å². The first-order valence-corrected chi connectivity index (χ1v) is 4.75. The third kappa shape index (κ3) is 6.60. The Bertz CT molecular complexity index is 225. The number of unbranched alkanes of at least 4 members (excludes halogenated alkanes) is 2. The Morgan fingerprint density at radius 2 is 1.64 bits per heavy atom. The number of methoxy groups -OCH3 is 1. The molecular formula is C9H13ClO4. The van der Waals surface area contributed by atoms with Gasteiger partial charge in [0.2, 0.25) is 11.0 Å². The molecule has 0 aliphatic rings. The maximum absolute atomic E-state index is 10.9. The number of esters is 1. The third-order valence-corrected chi connectivity index (χ3v) is 1.88. The first-order valence-electron chi connectivity index (χ1n) is 4.37.